The van der Waals surface area contributed by atoms with E-state index in [0.717, 1.165) is 5.59 Å². The lowest BCUT2D eigenvalue weighted by Gasteiger charge is -2.32. The van der Waals surface area contributed by atoms with Crippen LogP contribution in [0.15, 0.2) is 12.1 Å². The molecule has 0 N–H and O–H groups in total. The van der Waals surface area contributed by atoms with E-state index in [9.17, 15) is 4.39 Å². The third kappa shape index (κ3) is 2.35. The number of hydrogen-bond donors (Lipinski definition) is 0. The lowest BCUT2D eigenvalue weighted by atomic mass is 9.84. The second kappa shape index (κ2) is 5.13. The van der Waals surface area contributed by atoms with Crippen LogP contribution in [0.25, 0.3) is 10.9 Å². The molecule has 0 radical (unpaired) electrons. The Labute approximate surface area is 140 Å². The summed E-state index contributed by atoms with van der Waals surface area (Å²) in [6, 6.07) is 3.56. The van der Waals surface area contributed by atoms with Crippen LogP contribution in [-0.2, 0) is 16.4 Å². The van der Waals surface area contributed by atoms with Crippen molar-refractivity contribution in [2.24, 2.45) is 7.05 Å². The summed E-state index contributed by atoms with van der Waals surface area (Å²) in [5, 5.41) is 0.664. The number of fused-ring (bicyclic) bond motifs is 1. The van der Waals surface area contributed by atoms with E-state index in [2.05, 4.69) is 0 Å². The Kier molecular flexibility index (Phi) is 3.71. The maximum Gasteiger partial charge on any atom is 0.512 e. The van der Waals surface area contributed by atoms with Crippen molar-refractivity contribution in [3.63, 3.8) is 0 Å². The monoisotopic (exact) mass is 339 g/mol. The molecular weight excluding hydrogens is 319 g/mol. The summed E-state index contributed by atoms with van der Waals surface area (Å²) in [6.45, 7) is 7.93. The van der Waals surface area contributed by atoms with Gasteiger partial charge < -0.3 is 18.6 Å². The summed E-state index contributed by atoms with van der Waals surface area (Å²) in [7, 11) is 2.67. The number of halogens is 2. The van der Waals surface area contributed by atoms with Crippen LogP contribution in [0.1, 0.15) is 27.7 Å². The van der Waals surface area contributed by atoms with Gasteiger partial charge in [-0.25, -0.2) is 4.39 Å². The molecule has 1 saturated heterocycles. The summed E-state index contributed by atoms with van der Waals surface area (Å²) < 4.78 is 33.6. The van der Waals surface area contributed by atoms with Crippen LogP contribution in [0.3, 0.4) is 0 Å². The zero-order valence-corrected chi connectivity index (χ0v) is 14.9. The van der Waals surface area contributed by atoms with E-state index in [1.807, 2.05) is 33.8 Å². The summed E-state index contributed by atoms with van der Waals surface area (Å²) in [5.41, 5.74) is 0.228. The zero-order valence-electron chi connectivity index (χ0n) is 14.2. The van der Waals surface area contributed by atoms with E-state index in [0.29, 0.717) is 16.7 Å². The Hall–Kier alpha value is -1.24. The molecule has 0 bridgehead atoms. The maximum absolute atomic E-state index is 14.6. The van der Waals surface area contributed by atoms with Gasteiger partial charge in [0.25, 0.3) is 0 Å². The number of methoxy groups -OCH3 is 1. The molecule has 1 aliphatic rings. The molecule has 2 aromatic rings. The molecule has 1 aromatic heterocycles. The normalized spacial score (nSPS) is 19.6. The third-order valence-corrected chi connectivity index (χ3v) is 5.27. The zero-order chi connectivity index (χ0) is 17.2. The first kappa shape index (κ1) is 16.6. The molecule has 1 fully saturated rings. The highest BCUT2D eigenvalue weighted by atomic mass is 35.5. The van der Waals surface area contributed by atoms with Gasteiger partial charge in [0.15, 0.2) is 5.82 Å². The highest BCUT2D eigenvalue weighted by Crippen LogP contribution is 2.38. The van der Waals surface area contributed by atoms with E-state index in [1.54, 1.807) is 17.7 Å². The van der Waals surface area contributed by atoms with Gasteiger partial charge in [0.1, 0.15) is 10.8 Å². The Morgan fingerprint density at radius 3 is 2.26 bits per heavy atom. The molecule has 124 valence electrons. The van der Waals surface area contributed by atoms with E-state index in [1.165, 1.54) is 7.11 Å². The first-order valence-corrected chi connectivity index (χ1v) is 7.84. The molecule has 3 rings (SSSR count). The van der Waals surface area contributed by atoms with E-state index in [-0.39, 0.29) is 5.02 Å². The highest BCUT2D eigenvalue weighted by molar-refractivity contribution is 6.62. The van der Waals surface area contributed by atoms with Crippen molar-refractivity contribution in [2.75, 3.05) is 7.11 Å². The van der Waals surface area contributed by atoms with Crippen molar-refractivity contribution in [3.8, 4) is 5.75 Å². The number of aromatic nitrogens is 1. The molecular formula is C16H20BClFNO3. The average molecular weight is 340 g/mol. The average Bonchev–Trinajstić information content (AvgIpc) is 2.88. The molecule has 2 heterocycles. The first-order valence-electron chi connectivity index (χ1n) is 7.46. The first-order chi connectivity index (χ1) is 10.6. The number of ether oxygens (including phenoxy) is 1. The van der Waals surface area contributed by atoms with Gasteiger partial charge in [-0.05, 0) is 39.8 Å². The SMILES string of the molecule is COc1cc2cc(B3OC(C)(C)C(C)(C)O3)n(C)c2c(F)c1Cl. The minimum absolute atomic E-state index is 0.0262. The second-order valence-electron chi connectivity index (χ2n) is 6.86. The summed E-state index contributed by atoms with van der Waals surface area (Å²) in [6.07, 6.45) is 0. The Morgan fingerprint density at radius 1 is 1.17 bits per heavy atom. The van der Waals surface area contributed by atoms with E-state index >= 15 is 0 Å². The molecule has 0 amide bonds. The van der Waals surface area contributed by atoms with Crippen molar-refractivity contribution in [1.29, 1.82) is 0 Å². The van der Waals surface area contributed by atoms with Crippen LogP contribution in [0.4, 0.5) is 4.39 Å². The van der Waals surface area contributed by atoms with E-state index < -0.39 is 24.1 Å². The summed E-state index contributed by atoms with van der Waals surface area (Å²) in [4.78, 5) is 0. The molecule has 1 aliphatic heterocycles. The molecule has 1 aromatic carbocycles. The molecule has 23 heavy (non-hydrogen) atoms. The van der Waals surface area contributed by atoms with Gasteiger partial charge in [-0.2, -0.15) is 0 Å². The van der Waals surface area contributed by atoms with Crippen molar-refractivity contribution in [1.82, 2.24) is 4.57 Å². The smallest absolute Gasteiger partial charge is 0.495 e. The molecule has 4 nitrogen and oxygen atoms in total. The third-order valence-electron chi connectivity index (χ3n) is 4.92. The van der Waals surface area contributed by atoms with Crippen LogP contribution in [0.2, 0.25) is 5.02 Å². The molecule has 7 heteroatoms. The van der Waals surface area contributed by atoms with Crippen molar-refractivity contribution < 1.29 is 18.4 Å². The quantitative estimate of drug-likeness (QED) is 0.787. The topological polar surface area (TPSA) is 32.6 Å². The largest absolute Gasteiger partial charge is 0.512 e. The standard InChI is InChI=1S/C16H20BClFNO3/c1-15(2)16(3,4)23-17(22-15)11-8-9-7-10(21-6)12(18)13(19)14(9)20(11)5/h7-8H,1-6H3. The minimum atomic E-state index is -0.568. The number of aryl methyl sites for hydroxylation is 1. The molecule has 0 atom stereocenters. The minimum Gasteiger partial charge on any atom is -0.495 e. The van der Waals surface area contributed by atoms with Crippen LogP contribution in [-0.4, -0.2) is 30.0 Å². The fraction of sp³-hybridized carbons (Fsp3) is 0.500. The van der Waals surface area contributed by atoms with Gasteiger partial charge in [-0.15, -0.1) is 0 Å². The van der Waals surface area contributed by atoms with Crippen molar-refractivity contribution in [2.45, 2.75) is 38.9 Å². The Morgan fingerprint density at radius 2 is 1.74 bits per heavy atom. The predicted molar refractivity (Wildman–Crippen MR) is 90.2 cm³/mol. The van der Waals surface area contributed by atoms with Crippen LogP contribution >= 0.6 is 11.6 Å². The molecule has 0 spiro atoms. The fourth-order valence-corrected chi connectivity index (χ4v) is 3.01. The fourth-order valence-electron chi connectivity index (χ4n) is 2.79. The molecule has 0 aliphatic carbocycles. The van der Waals surface area contributed by atoms with Gasteiger partial charge in [0, 0.05) is 18.0 Å². The maximum atomic E-state index is 14.6. The summed E-state index contributed by atoms with van der Waals surface area (Å²) in [5.74, 6) is -0.200. The van der Waals surface area contributed by atoms with Crippen LogP contribution < -0.4 is 10.3 Å². The Balaban J connectivity index is 2.14. The van der Waals surface area contributed by atoms with Crippen molar-refractivity contribution >= 4 is 35.2 Å². The van der Waals surface area contributed by atoms with Gasteiger partial charge >= 0.3 is 7.12 Å². The number of benzene rings is 1. The highest BCUT2D eigenvalue weighted by Gasteiger charge is 2.52. The predicted octanol–water partition coefficient (Wildman–Crippen LogP) is 3.28. The summed E-state index contributed by atoms with van der Waals surface area (Å²) >= 11 is 6.03. The van der Waals surface area contributed by atoms with Gasteiger partial charge in [-0.3, -0.25) is 0 Å². The molecule has 0 saturated carbocycles. The lowest BCUT2D eigenvalue weighted by Crippen LogP contribution is -2.41. The molecule has 0 unspecified atom stereocenters. The Bertz CT molecular complexity index is 771. The second-order valence-corrected chi connectivity index (χ2v) is 7.24. The number of hydrogen-bond acceptors (Lipinski definition) is 3. The van der Waals surface area contributed by atoms with Crippen molar-refractivity contribution in [3.05, 3.63) is 23.0 Å². The van der Waals surface area contributed by atoms with Gasteiger partial charge in [0.2, 0.25) is 0 Å². The van der Waals surface area contributed by atoms with E-state index in [4.69, 9.17) is 25.6 Å². The van der Waals surface area contributed by atoms with Crippen LogP contribution in [0.5, 0.6) is 5.75 Å². The van der Waals surface area contributed by atoms with Gasteiger partial charge in [-0.1, -0.05) is 11.6 Å². The number of rotatable bonds is 2. The van der Waals surface area contributed by atoms with Gasteiger partial charge in [0.05, 0.1) is 23.8 Å². The lowest BCUT2D eigenvalue weighted by molar-refractivity contribution is 0.00578. The van der Waals surface area contributed by atoms with Crippen LogP contribution in [0, 0.1) is 5.82 Å². The number of nitrogens with zero attached hydrogens (tertiary/aromatic N) is 1.